The van der Waals surface area contributed by atoms with Crippen molar-refractivity contribution in [1.82, 2.24) is 4.57 Å². The number of fused-ring (bicyclic) bond motifs is 1. The van der Waals surface area contributed by atoms with Gasteiger partial charge in [-0.25, -0.2) is 0 Å². The molecule has 0 spiro atoms. The Hall–Kier alpha value is -1.90. The molecule has 0 aliphatic heterocycles. The van der Waals surface area contributed by atoms with Crippen molar-refractivity contribution in [3.63, 3.8) is 0 Å². The summed E-state index contributed by atoms with van der Waals surface area (Å²) >= 11 is 0. The van der Waals surface area contributed by atoms with Crippen molar-refractivity contribution < 1.29 is 4.79 Å². The third-order valence-electron chi connectivity index (χ3n) is 2.31. The number of hydrogen-bond acceptors (Lipinski definition) is 2. The minimum absolute atomic E-state index is 0.161. The summed E-state index contributed by atoms with van der Waals surface area (Å²) in [4.78, 5) is 22.2. The Balaban J connectivity index is 3.04. The first kappa shape index (κ1) is 8.69. The van der Waals surface area contributed by atoms with Crippen LogP contribution in [0.4, 0.5) is 0 Å². The van der Waals surface area contributed by atoms with Gasteiger partial charge in [-0.15, -0.1) is 0 Å². The molecule has 14 heavy (non-hydrogen) atoms. The van der Waals surface area contributed by atoms with Gasteiger partial charge in [0.15, 0.2) is 6.29 Å². The smallest absolute Gasteiger partial charge is 0.251 e. The number of para-hydroxylation sites is 1. The van der Waals surface area contributed by atoms with E-state index in [1.165, 1.54) is 10.6 Å². The van der Waals surface area contributed by atoms with Gasteiger partial charge in [0.2, 0.25) is 0 Å². The number of rotatable bonds is 1. The Morgan fingerprint density at radius 1 is 1.29 bits per heavy atom. The van der Waals surface area contributed by atoms with E-state index in [1.54, 1.807) is 7.05 Å². The molecular formula is C11H9NO2. The van der Waals surface area contributed by atoms with Gasteiger partial charge in [0.1, 0.15) is 0 Å². The van der Waals surface area contributed by atoms with Crippen LogP contribution in [0, 0.1) is 0 Å². The first-order valence-electron chi connectivity index (χ1n) is 4.28. The normalized spacial score (nSPS) is 10.4. The fourth-order valence-electron chi connectivity index (χ4n) is 1.53. The first-order valence-corrected chi connectivity index (χ1v) is 4.28. The maximum absolute atomic E-state index is 11.4. The van der Waals surface area contributed by atoms with Gasteiger partial charge in [-0.1, -0.05) is 18.2 Å². The van der Waals surface area contributed by atoms with Gasteiger partial charge >= 0.3 is 0 Å². The Morgan fingerprint density at radius 2 is 2.00 bits per heavy atom. The van der Waals surface area contributed by atoms with Gasteiger partial charge in [0, 0.05) is 24.1 Å². The summed E-state index contributed by atoms with van der Waals surface area (Å²) in [6.07, 6.45) is 0.712. The van der Waals surface area contributed by atoms with E-state index in [4.69, 9.17) is 0 Å². The molecule has 0 unspecified atom stereocenters. The minimum Gasteiger partial charge on any atom is -0.311 e. The Morgan fingerprint density at radius 3 is 2.71 bits per heavy atom. The van der Waals surface area contributed by atoms with Crippen LogP contribution in [0.1, 0.15) is 10.4 Å². The highest BCUT2D eigenvalue weighted by Crippen LogP contribution is 2.13. The molecule has 3 nitrogen and oxygen atoms in total. The second kappa shape index (κ2) is 3.10. The number of hydrogen-bond donors (Lipinski definition) is 0. The molecule has 0 bridgehead atoms. The van der Waals surface area contributed by atoms with Crippen LogP contribution in [0.3, 0.4) is 0 Å². The average Bonchev–Trinajstić information content (AvgIpc) is 2.23. The van der Waals surface area contributed by atoms with Crippen LogP contribution in [0.5, 0.6) is 0 Å². The summed E-state index contributed by atoms with van der Waals surface area (Å²) in [6, 6.07) is 8.70. The lowest BCUT2D eigenvalue weighted by molar-refractivity contribution is 0.112. The van der Waals surface area contributed by atoms with Crippen molar-refractivity contribution >= 4 is 17.2 Å². The molecular weight excluding hydrogens is 178 g/mol. The highest BCUT2D eigenvalue weighted by atomic mass is 16.1. The van der Waals surface area contributed by atoms with Crippen LogP contribution in [0.25, 0.3) is 10.9 Å². The molecule has 0 N–H and O–H groups in total. The summed E-state index contributed by atoms with van der Waals surface area (Å²) in [7, 11) is 1.69. The molecule has 2 aromatic rings. The fraction of sp³-hybridized carbons (Fsp3) is 0.0909. The SMILES string of the molecule is Cn1c(=O)cc(C=O)c2ccccc21. The van der Waals surface area contributed by atoms with Crippen LogP contribution in [0.15, 0.2) is 35.1 Å². The van der Waals surface area contributed by atoms with Crippen LogP contribution in [-0.4, -0.2) is 10.9 Å². The summed E-state index contributed by atoms with van der Waals surface area (Å²) in [5.74, 6) is 0. The second-order valence-corrected chi connectivity index (χ2v) is 3.13. The summed E-state index contributed by atoms with van der Waals surface area (Å²) in [6.45, 7) is 0. The van der Waals surface area contributed by atoms with E-state index in [2.05, 4.69) is 0 Å². The number of carbonyl (C=O) groups is 1. The lowest BCUT2D eigenvalue weighted by Gasteiger charge is -2.05. The average molecular weight is 187 g/mol. The van der Waals surface area contributed by atoms with Gasteiger partial charge in [0.05, 0.1) is 5.52 Å². The molecule has 1 aromatic carbocycles. The number of nitrogens with zero attached hydrogens (tertiary/aromatic N) is 1. The van der Waals surface area contributed by atoms with Crippen molar-refractivity contribution in [3.05, 3.63) is 46.2 Å². The van der Waals surface area contributed by atoms with Crippen LogP contribution in [-0.2, 0) is 7.05 Å². The zero-order chi connectivity index (χ0) is 10.1. The lowest BCUT2D eigenvalue weighted by atomic mass is 10.1. The van der Waals surface area contributed by atoms with Crippen molar-refractivity contribution in [2.24, 2.45) is 7.05 Å². The molecule has 0 fully saturated rings. The van der Waals surface area contributed by atoms with E-state index < -0.39 is 0 Å². The highest BCUT2D eigenvalue weighted by Gasteiger charge is 2.03. The number of aromatic nitrogens is 1. The molecule has 1 heterocycles. The Labute approximate surface area is 80.6 Å². The lowest BCUT2D eigenvalue weighted by Crippen LogP contribution is -2.16. The molecule has 0 saturated carbocycles. The fourth-order valence-corrected chi connectivity index (χ4v) is 1.53. The third kappa shape index (κ3) is 1.14. The number of aryl methyl sites for hydroxylation is 1. The zero-order valence-corrected chi connectivity index (χ0v) is 7.73. The quantitative estimate of drug-likeness (QED) is 0.632. The Bertz CT molecular complexity index is 555. The third-order valence-corrected chi connectivity index (χ3v) is 2.31. The topological polar surface area (TPSA) is 39.1 Å². The van der Waals surface area contributed by atoms with E-state index in [0.29, 0.717) is 11.8 Å². The Kier molecular flexibility index (Phi) is 1.93. The molecule has 0 amide bonds. The largest absolute Gasteiger partial charge is 0.311 e. The van der Waals surface area contributed by atoms with Crippen molar-refractivity contribution in [2.75, 3.05) is 0 Å². The van der Waals surface area contributed by atoms with E-state index >= 15 is 0 Å². The molecule has 3 heteroatoms. The van der Waals surface area contributed by atoms with Gasteiger partial charge < -0.3 is 4.57 Å². The standard InChI is InChI=1S/C11H9NO2/c1-12-10-5-3-2-4-9(10)8(7-13)6-11(12)14/h2-7H,1H3. The number of carbonyl (C=O) groups excluding carboxylic acids is 1. The monoisotopic (exact) mass is 187 g/mol. The molecule has 1 aromatic heterocycles. The molecule has 0 saturated heterocycles. The van der Waals surface area contributed by atoms with Gasteiger partial charge in [0.25, 0.3) is 5.56 Å². The van der Waals surface area contributed by atoms with Crippen molar-refractivity contribution in [1.29, 1.82) is 0 Å². The highest BCUT2D eigenvalue weighted by molar-refractivity contribution is 5.96. The van der Waals surface area contributed by atoms with Crippen LogP contribution < -0.4 is 5.56 Å². The predicted molar refractivity (Wildman–Crippen MR) is 54.6 cm³/mol. The molecule has 0 aliphatic carbocycles. The van der Waals surface area contributed by atoms with E-state index in [-0.39, 0.29) is 5.56 Å². The van der Waals surface area contributed by atoms with Gasteiger partial charge in [-0.2, -0.15) is 0 Å². The zero-order valence-electron chi connectivity index (χ0n) is 7.73. The molecule has 2 rings (SSSR count). The summed E-state index contributed by atoms with van der Waals surface area (Å²) in [5, 5.41) is 0.810. The molecule has 0 radical (unpaired) electrons. The number of pyridine rings is 1. The summed E-state index contributed by atoms with van der Waals surface area (Å²) < 4.78 is 1.53. The van der Waals surface area contributed by atoms with Gasteiger partial charge in [-0.3, -0.25) is 9.59 Å². The maximum atomic E-state index is 11.4. The van der Waals surface area contributed by atoms with Crippen LogP contribution in [0.2, 0.25) is 0 Å². The van der Waals surface area contributed by atoms with Crippen LogP contribution >= 0.6 is 0 Å². The number of aldehydes is 1. The van der Waals surface area contributed by atoms with E-state index in [1.807, 2.05) is 24.3 Å². The summed E-state index contributed by atoms with van der Waals surface area (Å²) in [5.41, 5.74) is 1.07. The van der Waals surface area contributed by atoms with E-state index in [9.17, 15) is 9.59 Å². The van der Waals surface area contributed by atoms with Crippen molar-refractivity contribution in [3.8, 4) is 0 Å². The molecule has 0 atom stereocenters. The minimum atomic E-state index is -0.161. The first-order chi connectivity index (χ1) is 6.74. The molecule has 70 valence electrons. The van der Waals surface area contributed by atoms with Crippen molar-refractivity contribution in [2.45, 2.75) is 0 Å². The maximum Gasteiger partial charge on any atom is 0.251 e. The van der Waals surface area contributed by atoms with Gasteiger partial charge in [-0.05, 0) is 6.07 Å². The second-order valence-electron chi connectivity index (χ2n) is 3.13. The van der Waals surface area contributed by atoms with E-state index in [0.717, 1.165) is 10.9 Å². The predicted octanol–water partition coefficient (Wildman–Crippen LogP) is 1.35. The molecule has 0 aliphatic rings. The number of benzene rings is 1.